The zero-order valence-corrected chi connectivity index (χ0v) is 11.2. The summed E-state index contributed by atoms with van der Waals surface area (Å²) in [6, 6.07) is 6.10. The molecule has 0 amide bonds. The Hall–Kier alpha value is -0.730. The van der Waals surface area contributed by atoms with Crippen LogP contribution in [0.5, 0.6) is 5.75 Å². The van der Waals surface area contributed by atoms with Gasteiger partial charge in [0.1, 0.15) is 5.75 Å². The first-order chi connectivity index (χ1) is 8.22. The summed E-state index contributed by atoms with van der Waals surface area (Å²) in [6.45, 7) is 2.89. The van der Waals surface area contributed by atoms with E-state index in [2.05, 4.69) is 13.0 Å². The molecule has 0 spiro atoms. The second-order valence-corrected chi connectivity index (χ2v) is 5.02. The molecule has 2 unspecified atom stereocenters. The number of hydrogen-bond acceptors (Lipinski definition) is 2. The highest BCUT2D eigenvalue weighted by molar-refractivity contribution is 6.21. The summed E-state index contributed by atoms with van der Waals surface area (Å²) in [4.78, 5) is 0. The summed E-state index contributed by atoms with van der Waals surface area (Å²) >= 11 is 6.54. The lowest BCUT2D eigenvalue weighted by Crippen LogP contribution is -2.24. The molecule has 0 bridgehead atoms. The Morgan fingerprint density at radius 1 is 1.41 bits per heavy atom. The van der Waals surface area contributed by atoms with Crippen molar-refractivity contribution in [2.24, 2.45) is 0 Å². The van der Waals surface area contributed by atoms with E-state index in [0.717, 1.165) is 30.8 Å². The van der Waals surface area contributed by atoms with E-state index in [1.807, 2.05) is 12.1 Å². The van der Waals surface area contributed by atoms with Crippen LogP contribution in [0.1, 0.15) is 35.8 Å². The molecule has 0 aliphatic carbocycles. The number of rotatable bonds is 3. The van der Waals surface area contributed by atoms with Gasteiger partial charge in [-0.05, 0) is 32.3 Å². The van der Waals surface area contributed by atoms with E-state index in [0.29, 0.717) is 0 Å². The van der Waals surface area contributed by atoms with Gasteiger partial charge in [-0.2, -0.15) is 0 Å². The molecule has 2 rings (SSSR count). The van der Waals surface area contributed by atoms with Gasteiger partial charge in [0.05, 0.1) is 18.6 Å². The van der Waals surface area contributed by atoms with Gasteiger partial charge in [-0.3, -0.25) is 0 Å². The molecular weight excluding hydrogens is 236 g/mol. The predicted octanol–water partition coefficient (Wildman–Crippen LogP) is 3.85. The van der Waals surface area contributed by atoms with Crippen LogP contribution in [0.3, 0.4) is 0 Å². The second kappa shape index (κ2) is 5.74. The summed E-state index contributed by atoms with van der Waals surface area (Å²) in [5.74, 6) is 0.852. The van der Waals surface area contributed by atoms with E-state index < -0.39 is 0 Å². The van der Waals surface area contributed by atoms with Crippen molar-refractivity contribution >= 4 is 11.6 Å². The van der Waals surface area contributed by atoms with Crippen LogP contribution in [0.25, 0.3) is 0 Å². The molecule has 1 aromatic rings. The molecule has 1 fully saturated rings. The molecular formula is C14H19ClO2. The van der Waals surface area contributed by atoms with E-state index in [1.165, 1.54) is 12.0 Å². The first kappa shape index (κ1) is 12.7. The van der Waals surface area contributed by atoms with E-state index in [9.17, 15) is 0 Å². The summed E-state index contributed by atoms with van der Waals surface area (Å²) < 4.78 is 11.1. The van der Waals surface area contributed by atoms with E-state index in [1.54, 1.807) is 7.11 Å². The Morgan fingerprint density at radius 3 is 2.88 bits per heavy atom. The SMILES string of the molecule is COc1ccc(C)cc1C(Cl)C1CCCCO1. The number of hydrogen-bond donors (Lipinski definition) is 0. The monoisotopic (exact) mass is 254 g/mol. The topological polar surface area (TPSA) is 18.5 Å². The van der Waals surface area contributed by atoms with Crippen LogP contribution in [0.2, 0.25) is 0 Å². The van der Waals surface area contributed by atoms with Gasteiger partial charge in [0.2, 0.25) is 0 Å². The smallest absolute Gasteiger partial charge is 0.123 e. The Labute approximate surface area is 108 Å². The van der Waals surface area contributed by atoms with Crippen molar-refractivity contribution in [3.8, 4) is 5.75 Å². The predicted molar refractivity (Wildman–Crippen MR) is 69.9 cm³/mol. The van der Waals surface area contributed by atoms with E-state index >= 15 is 0 Å². The minimum atomic E-state index is -0.120. The number of aryl methyl sites for hydroxylation is 1. The van der Waals surface area contributed by atoms with Crippen LogP contribution >= 0.6 is 11.6 Å². The summed E-state index contributed by atoms with van der Waals surface area (Å²) in [6.07, 6.45) is 3.49. The minimum Gasteiger partial charge on any atom is -0.496 e. The Morgan fingerprint density at radius 2 is 2.24 bits per heavy atom. The van der Waals surface area contributed by atoms with Crippen LogP contribution < -0.4 is 4.74 Å². The number of methoxy groups -OCH3 is 1. The lowest BCUT2D eigenvalue weighted by molar-refractivity contribution is 0.0132. The molecule has 1 heterocycles. The van der Waals surface area contributed by atoms with Gasteiger partial charge in [0.15, 0.2) is 0 Å². The molecule has 1 saturated heterocycles. The quantitative estimate of drug-likeness (QED) is 0.763. The largest absolute Gasteiger partial charge is 0.496 e. The normalized spacial score (nSPS) is 22.2. The summed E-state index contributed by atoms with van der Waals surface area (Å²) in [5.41, 5.74) is 2.24. The van der Waals surface area contributed by atoms with Crippen molar-refractivity contribution in [1.29, 1.82) is 0 Å². The third-order valence-corrected chi connectivity index (χ3v) is 3.74. The number of halogens is 1. The van der Waals surface area contributed by atoms with Gasteiger partial charge in [-0.15, -0.1) is 11.6 Å². The van der Waals surface area contributed by atoms with Gasteiger partial charge in [0.25, 0.3) is 0 Å². The molecule has 0 N–H and O–H groups in total. The maximum absolute atomic E-state index is 6.54. The third-order valence-electron chi connectivity index (χ3n) is 3.22. The molecule has 2 atom stereocenters. The Kier molecular flexibility index (Phi) is 4.30. The molecule has 0 saturated carbocycles. The first-order valence-electron chi connectivity index (χ1n) is 6.12. The van der Waals surface area contributed by atoms with Crippen LogP contribution in [0.15, 0.2) is 18.2 Å². The Balaban J connectivity index is 2.21. The minimum absolute atomic E-state index is 0.112. The molecule has 94 valence electrons. The van der Waals surface area contributed by atoms with Crippen molar-refractivity contribution in [3.05, 3.63) is 29.3 Å². The van der Waals surface area contributed by atoms with Crippen molar-refractivity contribution in [1.82, 2.24) is 0 Å². The highest BCUT2D eigenvalue weighted by atomic mass is 35.5. The number of alkyl halides is 1. The molecule has 1 aliphatic heterocycles. The summed E-state index contributed by atoms with van der Waals surface area (Å²) in [5, 5.41) is -0.120. The van der Waals surface area contributed by atoms with Crippen LogP contribution in [0.4, 0.5) is 0 Å². The lowest BCUT2D eigenvalue weighted by atomic mass is 9.99. The zero-order valence-electron chi connectivity index (χ0n) is 10.4. The first-order valence-corrected chi connectivity index (χ1v) is 6.56. The molecule has 1 aromatic carbocycles. The van der Waals surface area contributed by atoms with Crippen molar-refractivity contribution in [3.63, 3.8) is 0 Å². The fourth-order valence-electron chi connectivity index (χ4n) is 2.27. The Bertz CT molecular complexity index is 372. The standard InChI is InChI=1S/C14H19ClO2/c1-10-6-7-12(16-2)11(9-10)14(15)13-5-3-4-8-17-13/h6-7,9,13-14H,3-5,8H2,1-2H3. The highest BCUT2D eigenvalue weighted by Crippen LogP contribution is 2.37. The van der Waals surface area contributed by atoms with Crippen LogP contribution in [-0.4, -0.2) is 19.8 Å². The summed E-state index contributed by atoms with van der Waals surface area (Å²) in [7, 11) is 1.68. The fourth-order valence-corrected chi connectivity index (χ4v) is 2.64. The van der Waals surface area contributed by atoms with Crippen molar-refractivity contribution < 1.29 is 9.47 Å². The lowest BCUT2D eigenvalue weighted by Gasteiger charge is -2.27. The van der Waals surface area contributed by atoms with E-state index in [4.69, 9.17) is 21.1 Å². The number of ether oxygens (including phenoxy) is 2. The molecule has 17 heavy (non-hydrogen) atoms. The van der Waals surface area contributed by atoms with Gasteiger partial charge in [-0.25, -0.2) is 0 Å². The maximum atomic E-state index is 6.54. The van der Waals surface area contributed by atoms with E-state index in [-0.39, 0.29) is 11.5 Å². The second-order valence-electron chi connectivity index (χ2n) is 4.55. The average Bonchev–Trinajstić information content (AvgIpc) is 2.39. The molecule has 0 radical (unpaired) electrons. The zero-order chi connectivity index (χ0) is 12.3. The van der Waals surface area contributed by atoms with Crippen molar-refractivity contribution in [2.45, 2.75) is 37.7 Å². The maximum Gasteiger partial charge on any atom is 0.123 e. The molecule has 1 aliphatic rings. The highest BCUT2D eigenvalue weighted by Gasteiger charge is 2.26. The van der Waals surface area contributed by atoms with Crippen LogP contribution in [0, 0.1) is 6.92 Å². The molecule has 2 nitrogen and oxygen atoms in total. The van der Waals surface area contributed by atoms with Gasteiger partial charge in [0, 0.05) is 12.2 Å². The van der Waals surface area contributed by atoms with Gasteiger partial charge in [-0.1, -0.05) is 17.7 Å². The third kappa shape index (κ3) is 2.93. The average molecular weight is 255 g/mol. The van der Waals surface area contributed by atoms with Gasteiger partial charge < -0.3 is 9.47 Å². The molecule has 0 aromatic heterocycles. The molecule has 3 heteroatoms. The fraction of sp³-hybridized carbons (Fsp3) is 0.571. The number of benzene rings is 1. The van der Waals surface area contributed by atoms with Crippen molar-refractivity contribution in [2.75, 3.05) is 13.7 Å². The van der Waals surface area contributed by atoms with Gasteiger partial charge >= 0.3 is 0 Å². The van der Waals surface area contributed by atoms with Crippen LogP contribution in [-0.2, 0) is 4.74 Å².